The van der Waals surface area contributed by atoms with Crippen molar-refractivity contribution in [3.63, 3.8) is 0 Å². The summed E-state index contributed by atoms with van der Waals surface area (Å²) in [7, 11) is 0. The van der Waals surface area contributed by atoms with E-state index < -0.39 is 0 Å². The van der Waals surface area contributed by atoms with E-state index in [4.69, 9.17) is 4.74 Å². The minimum atomic E-state index is -0.369. The van der Waals surface area contributed by atoms with Gasteiger partial charge in [-0.1, -0.05) is 12.2 Å². The second-order valence-corrected chi connectivity index (χ2v) is 5.40. The van der Waals surface area contributed by atoms with Gasteiger partial charge < -0.3 is 10.1 Å². The number of hydrogen-bond donors (Lipinski definition) is 1. The summed E-state index contributed by atoms with van der Waals surface area (Å²) in [6.07, 6.45) is 5.60. The van der Waals surface area contributed by atoms with Gasteiger partial charge in [0.2, 0.25) is 5.91 Å². The van der Waals surface area contributed by atoms with Gasteiger partial charge in [0.25, 0.3) is 0 Å². The number of allylic oxidation sites excluding steroid dienone is 2. The van der Waals surface area contributed by atoms with E-state index in [-0.39, 0.29) is 17.8 Å². The fraction of sp³-hybridized carbons (Fsp3) is 0.333. The zero-order valence-electron chi connectivity index (χ0n) is 11.2. The zero-order chi connectivity index (χ0) is 14.5. The van der Waals surface area contributed by atoms with Gasteiger partial charge in [0, 0.05) is 10.4 Å². The molecular weight excluding hydrogens is 322 g/mol. The molecule has 4 nitrogen and oxygen atoms in total. The number of ether oxygens (including phenoxy) is 1. The maximum absolute atomic E-state index is 12.0. The van der Waals surface area contributed by atoms with E-state index >= 15 is 0 Å². The van der Waals surface area contributed by atoms with Gasteiger partial charge in [-0.05, 0) is 53.9 Å². The molecule has 0 unspecified atom stereocenters. The standard InChI is InChI=1S/C15H16BrNO3/c1-2-20-15(19)11-7-8-13(12(16)9-11)17-14(18)10-5-3-4-6-10/h3-4,7-10H,2,5-6H2,1H3,(H,17,18). The summed E-state index contributed by atoms with van der Waals surface area (Å²) in [5.74, 6) is -0.364. The number of amides is 1. The van der Waals surface area contributed by atoms with Gasteiger partial charge in [-0.2, -0.15) is 0 Å². The Hall–Kier alpha value is -1.62. The number of nitrogens with one attached hydrogen (secondary N) is 1. The lowest BCUT2D eigenvalue weighted by Crippen LogP contribution is -2.20. The average Bonchev–Trinajstić information content (AvgIpc) is 2.95. The molecular formula is C15H16BrNO3. The van der Waals surface area contributed by atoms with E-state index in [1.807, 2.05) is 12.2 Å². The van der Waals surface area contributed by atoms with Crippen LogP contribution in [0.1, 0.15) is 30.1 Å². The highest BCUT2D eigenvalue weighted by atomic mass is 79.9. The number of rotatable bonds is 4. The molecule has 5 heteroatoms. The lowest BCUT2D eigenvalue weighted by atomic mass is 10.1. The maximum atomic E-state index is 12.0. The summed E-state index contributed by atoms with van der Waals surface area (Å²) in [6, 6.07) is 5.00. The highest BCUT2D eigenvalue weighted by Gasteiger charge is 2.20. The second kappa shape index (κ2) is 6.70. The Kier molecular flexibility index (Phi) is 4.95. The molecule has 0 radical (unpaired) electrons. The fourth-order valence-electron chi connectivity index (χ4n) is 2.02. The normalized spacial score (nSPS) is 14.3. The molecule has 0 spiro atoms. The molecule has 0 bridgehead atoms. The quantitative estimate of drug-likeness (QED) is 0.675. The fourth-order valence-corrected chi connectivity index (χ4v) is 2.50. The van der Waals surface area contributed by atoms with Gasteiger partial charge in [-0.25, -0.2) is 4.79 Å². The largest absolute Gasteiger partial charge is 0.462 e. The zero-order valence-corrected chi connectivity index (χ0v) is 12.8. The Labute approximate surface area is 126 Å². The number of halogens is 1. The van der Waals surface area contributed by atoms with E-state index in [0.717, 1.165) is 12.8 Å². The minimum Gasteiger partial charge on any atom is -0.462 e. The van der Waals surface area contributed by atoms with Crippen molar-refractivity contribution in [3.05, 3.63) is 40.4 Å². The molecule has 1 aliphatic carbocycles. The molecule has 20 heavy (non-hydrogen) atoms. The number of benzene rings is 1. The predicted octanol–water partition coefficient (Wildman–Crippen LogP) is 3.53. The maximum Gasteiger partial charge on any atom is 0.338 e. The van der Waals surface area contributed by atoms with Crippen molar-refractivity contribution in [1.29, 1.82) is 0 Å². The molecule has 0 heterocycles. The lowest BCUT2D eigenvalue weighted by Gasteiger charge is -2.12. The van der Waals surface area contributed by atoms with Gasteiger partial charge in [0.1, 0.15) is 0 Å². The van der Waals surface area contributed by atoms with E-state index in [0.29, 0.717) is 22.3 Å². The van der Waals surface area contributed by atoms with Crippen LogP contribution >= 0.6 is 15.9 Å². The van der Waals surface area contributed by atoms with Gasteiger partial charge in [0.05, 0.1) is 17.9 Å². The van der Waals surface area contributed by atoms with E-state index in [2.05, 4.69) is 21.2 Å². The summed E-state index contributed by atoms with van der Waals surface area (Å²) in [4.78, 5) is 23.6. The number of carbonyl (C=O) groups excluding carboxylic acids is 2. The van der Waals surface area contributed by atoms with Crippen LogP contribution in [0.4, 0.5) is 5.69 Å². The van der Waals surface area contributed by atoms with Gasteiger partial charge in [-0.15, -0.1) is 0 Å². The Morgan fingerprint density at radius 3 is 2.65 bits per heavy atom. The van der Waals surface area contributed by atoms with Crippen LogP contribution in [0.5, 0.6) is 0 Å². The molecule has 1 aliphatic rings. The Morgan fingerprint density at radius 2 is 2.05 bits per heavy atom. The second-order valence-electron chi connectivity index (χ2n) is 4.54. The third-order valence-corrected chi connectivity index (χ3v) is 3.77. The molecule has 1 aromatic rings. The molecule has 106 valence electrons. The highest BCUT2D eigenvalue weighted by Crippen LogP contribution is 2.26. The molecule has 0 saturated carbocycles. The van der Waals surface area contributed by atoms with Crippen LogP contribution in [0.15, 0.2) is 34.8 Å². The van der Waals surface area contributed by atoms with Crippen LogP contribution in [0, 0.1) is 5.92 Å². The summed E-state index contributed by atoms with van der Waals surface area (Å²) < 4.78 is 5.60. The highest BCUT2D eigenvalue weighted by molar-refractivity contribution is 9.10. The van der Waals surface area contributed by atoms with Crippen molar-refractivity contribution < 1.29 is 14.3 Å². The molecule has 2 rings (SSSR count). The van der Waals surface area contributed by atoms with Crippen LogP contribution in [-0.4, -0.2) is 18.5 Å². The predicted molar refractivity (Wildman–Crippen MR) is 80.6 cm³/mol. The molecule has 0 atom stereocenters. The van der Waals surface area contributed by atoms with Gasteiger partial charge in [-0.3, -0.25) is 4.79 Å². The summed E-state index contributed by atoms with van der Waals surface area (Å²) in [5, 5.41) is 2.87. The van der Waals surface area contributed by atoms with Crippen LogP contribution < -0.4 is 5.32 Å². The monoisotopic (exact) mass is 337 g/mol. The van der Waals surface area contributed by atoms with Crippen molar-refractivity contribution in [2.24, 2.45) is 5.92 Å². The number of carbonyl (C=O) groups is 2. The van der Waals surface area contributed by atoms with E-state index in [1.54, 1.807) is 25.1 Å². The summed E-state index contributed by atoms with van der Waals surface area (Å²) >= 11 is 3.37. The van der Waals surface area contributed by atoms with Crippen LogP contribution in [0.3, 0.4) is 0 Å². The average molecular weight is 338 g/mol. The summed E-state index contributed by atoms with van der Waals surface area (Å²) in [5.41, 5.74) is 1.12. The minimum absolute atomic E-state index is 0.000385. The Balaban J connectivity index is 2.05. The van der Waals surface area contributed by atoms with Gasteiger partial charge in [0.15, 0.2) is 0 Å². The molecule has 0 aliphatic heterocycles. The summed E-state index contributed by atoms with van der Waals surface area (Å²) in [6.45, 7) is 2.10. The number of esters is 1. The molecule has 0 aromatic heterocycles. The SMILES string of the molecule is CCOC(=O)c1ccc(NC(=O)C2CC=CC2)c(Br)c1. The first-order valence-corrected chi connectivity index (χ1v) is 7.33. The first kappa shape index (κ1) is 14.8. The van der Waals surface area contributed by atoms with Crippen LogP contribution in [-0.2, 0) is 9.53 Å². The van der Waals surface area contributed by atoms with Crippen LogP contribution in [0.2, 0.25) is 0 Å². The van der Waals surface area contributed by atoms with E-state index in [9.17, 15) is 9.59 Å². The molecule has 1 N–H and O–H groups in total. The lowest BCUT2D eigenvalue weighted by molar-refractivity contribution is -0.119. The smallest absolute Gasteiger partial charge is 0.338 e. The van der Waals surface area contributed by atoms with Crippen molar-refractivity contribution >= 4 is 33.5 Å². The number of anilines is 1. The van der Waals surface area contributed by atoms with Gasteiger partial charge >= 0.3 is 5.97 Å². The molecule has 1 aromatic carbocycles. The third-order valence-electron chi connectivity index (χ3n) is 3.12. The molecule has 0 saturated heterocycles. The first-order valence-electron chi connectivity index (χ1n) is 6.54. The van der Waals surface area contributed by atoms with Crippen molar-refractivity contribution in [2.75, 3.05) is 11.9 Å². The third kappa shape index (κ3) is 3.48. The molecule has 1 amide bonds. The topological polar surface area (TPSA) is 55.4 Å². The van der Waals surface area contributed by atoms with Crippen molar-refractivity contribution in [2.45, 2.75) is 19.8 Å². The van der Waals surface area contributed by atoms with Crippen LogP contribution in [0.25, 0.3) is 0 Å². The molecule has 0 fully saturated rings. The number of hydrogen-bond acceptors (Lipinski definition) is 3. The first-order chi connectivity index (χ1) is 9.61. The Bertz CT molecular complexity index is 546. The van der Waals surface area contributed by atoms with E-state index in [1.165, 1.54) is 0 Å². The Morgan fingerprint density at radius 1 is 1.35 bits per heavy atom. The van der Waals surface area contributed by atoms with Crippen molar-refractivity contribution in [3.8, 4) is 0 Å². The van der Waals surface area contributed by atoms with Crippen molar-refractivity contribution in [1.82, 2.24) is 0 Å².